The lowest BCUT2D eigenvalue weighted by molar-refractivity contribution is -0.119. The number of aryl methyl sites for hydroxylation is 1. The molecule has 1 aliphatic rings. The molecule has 19 heavy (non-hydrogen) atoms. The summed E-state index contributed by atoms with van der Waals surface area (Å²) in [7, 11) is 0. The summed E-state index contributed by atoms with van der Waals surface area (Å²) >= 11 is 1.62. The fourth-order valence-electron chi connectivity index (χ4n) is 2.37. The normalized spacial score (nSPS) is 19.6. The van der Waals surface area contributed by atoms with Crippen molar-refractivity contribution >= 4 is 17.7 Å². The van der Waals surface area contributed by atoms with Gasteiger partial charge in [-0.1, -0.05) is 25.1 Å². The van der Waals surface area contributed by atoms with Crippen molar-refractivity contribution in [3.63, 3.8) is 0 Å². The Kier molecular flexibility index (Phi) is 5.28. The Balaban J connectivity index is 1.75. The SMILES string of the molecule is CCN1CCC(NC(=O)CSc2ccccc2C)C1. The van der Waals surface area contributed by atoms with Crippen LogP contribution >= 0.6 is 11.8 Å². The molecule has 1 amide bonds. The van der Waals surface area contributed by atoms with E-state index < -0.39 is 0 Å². The highest BCUT2D eigenvalue weighted by molar-refractivity contribution is 8.00. The van der Waals surface area contributed by atoms with Crippen molar-refractivity contribution in [1.29, 1.82) is 0 Å². The van der Waals surface area contributed by atoms with Crippen molar-refractivity contribution in [2.24, 2.45) is 0 Å². The number of hydrogen-bond acceptors (Lipinski definition) is 3. The van der Waals surface area contributed by atoms with Crippen molar-refractivity contribution in [3.8, 4) is 0 Å². The molecule has 0 aromatic heterocycles. The zero-order chi connectivity index (χ0) is 13.7. The monoisotopic (exact) mass is 278 g/mol. The zero-order valence-corrected chi connectivity index (χ0v) is 12.5. The van der Waals surface area contributed by atoms with E-state index in [9.17, 15) is 4.79 Å². The van der Waals surface area contributed by atoms with Gasteiger partial charge in [-0.3, -0.25) is 4.79 Å². The van der Waals surface area contributed by atoms with Gasteiger partial charge in [-0.2, -0.15) is 0 Å². The average Bonchev–Trinajstić information content (AvgIpc) is 2.85. The first-order valence-corrected chi connectivity index (χ1v) is 7.87. The molecule has 0 radical (unpaired) electrons. The standard InChI is InChI=1S/C15H22N2OS/c1-3-17-9-8-13(10-17)16-15(18)11-19-14-7-5-4-6-12(14)2/h4-7,13H,3,8-11H2,1-2H3,(H,16,18). The maximum absolute atomic E-state index is 11.9. The molecule has 104 valence electrons. The summed E-state index contributed by atoms with van der Waals surface area (Å²) < 4.78 is 0. The molecule has 0 saturated carbocycles. The van der Waals surface area contributed by atoms with Crippen LogP contribution in [0.1, 0.15) is 18.9 Å². The van der Waals surface area contributed by atoms with E-state index in [1.165, 1.54) is 10.5 Å². The predicted molar refractivity (Wildman–Crippen MR) is 80.6 cm³/mol. The molecule has 1 aromatic rings. The average molecular weight is 278 g/mol. The van der Waals surface area contributed by atoms with Crippen LogP contribution in [0.5, 0.6) is 0 Å². The first-order chi connectivity index (χ1) is 9.19. The molecule has 1 heterocycles. The Morgan fingerprint density at radius 2 is 2.26 bits per heavy atom. The van der Waals surface area contributed by atoms with Crippen LogP contribution in [0.2, 0.25) is 0 Å². The van der Waals surface area contributed by atoms with Gasteiger partial charge in [0.1, 0.15) is 0 Å². The van der Waals surface area contributed by atoms with Crippen molar-refractivity contribution in [2.75, 3.05) is 25.4 Å². The molecular weight excluding hydrogens is 256 g/mol. The molecule has 3 nitrogen and oxygen atoms in total. The van der Waals surface area contributed by atoms with E-state index >= 15 is 0 Å². The molecule has 1 aromatic carbocycles. The van der Waals surface area contributed by atoms with E-state index in [-0.39, 0.29) is 5.91 Å². The van der Waals surface area contributed by atoms with Gasteiger partial charge in [-0.15, -0.1) is 11.8 Å². The summed E-state index contributed by atoms with van der Waals surface area (Å²) in [6.45, 7) is 7.42. The number of nitrogens with one attached hydrogen (secondary N) is 1. The number of carbonyl (C=O) groups excluding carboxylic acids is 1. The van der Waals surface area contributed by atoms with Crippen LogP contribution in [-0.2, 0) is 4.79 Å². The van der Waals surface area contributed by atoms with Crippen molar-refractivity contribution in [3.05, 3.63) is 29.8 Å². The van der Waals surface area contributed by atoms with Crippen LogP contribution in [0.3, 0.4) is 0 Å². The highest BCUT2D eigenvalue weighted by Crippen LogP contribution is 2.21. The van der Waals surface area contributed by atoms with Crippen LogP contribution in [0.25, 0.3) is 0 Å². The number of carbonyl (C=O) groups is 1. The van der Waals surface area contributed by atoms with E-state index in [0.29, 0.717) is 11.8 Å². The van der Waals surface area contributed by atoms with Gasteiger partial charge in [0.2, 0.25) is 5.91 Å². The van der Waals surface area contributed by atoms with Crippen LogP contribution in [0, 0.1) is 6.92 Å². The van der Waals surface area contributed by atoms with Crippen LogP contribution in [-0.4, -0.2) is 42.2 Å². The largest absolute Gasteiger partial charge is 0.351 e. The molecule has 0 spiro atoms. The third-order valence-corrected chi connectivity index (χ3v) is 4.71. The summed E-state index contributed by atoms with van der Waals surface area (Å²) in [5.41, 5.74) is 1.23. The van der Waals surface area contributed by atoms with E-state index in [1.54, 1.807) is 11.8 Å². The molecule has 4 heteroatoms. The summed E-state index contributed by atoms with van der Waals surface area (Å²) in [6.07, 6.45) is 1.08. The topological polar surface area (TPSA) is 32.3 Å². The highest BCUT2D eigenvalue weighted by Gasteiger charge is 2.22. The lowest BCUT2D eigenvalue weighted by atomic mass is 10.2. The Hall–Kier alpha value is -1.00. The molecule has 1 saturated heterocycles. The molecule has 1 atom stereocenters. The highest BCUT2D eigenvalue weighted by atomic mass is 32.2. The Morgan fingerprint density at radius 3 is 2.95 bits per heavy atom. The molecular formula is C15H22N2OS. The number of benzene rings is 1. The van der Waals surface area contributed by atoms with Gasteiger partial charge in [-0.25, -0.2) is 0 Å². The number of amides is 1. The van der Waals surface area contributed by atoms with Crippen LogP contribution in [0.15, 0.2) is 29.2 Å². The molecule has 0 bridgehead atoms. The van der Waals surface area contributed by atoms with Crippen molar-refractivity contribution in [2.45, 2.75) is 31.2 Å². The van der Waals surface area contributed by atoms with Crippen LogP contribution < -0.4 is 5.32 Å². The van der Waals surface area contributed by atoms with Gasteiger partial charge in [0.25, 0.3) is 0 Å². The minimum Gasteiger partial charge on any atom is -0.351 e. The molecule has 0 aliphatic carbocycles. The van der Waals surface area contributed by atoms with E-state index in [2.05, 4.69) is 36.2 Å². The van der Waals surface area contributed by atoms with Gasteiger partial charge in [-0.05, 0) is 31.5 Å². The molecule has 2 rings (SSSR count). The lowest BCUT2D eigenvalue weighted by Gasteiger charge is -2.14. The third kappa shape index (κ3) is 4.25. The number of likely N-dealkylation sites (tertiary alicyclic amines) is 1. The number of thioether (sulfide) groups is 1. The number of likely N-dealkylation sites (N-methyl/N-ethyl adjacent to an activating group) is 1. The molecule has 1 N–H and O–H groups in total. The van der Waals surface area contributed by atoms with Gasteiger partial charge < -0.3 is 10.2 Å². The fraction of sp³-hybridized carbons (Fsp3) is 0.533. The van der Waals surface area contributed by atoms with Gasteiger partial charge in [0, 0.05) is 24.0 Å². The second-order valence-corrected chi connectivity index (χ2v) is 6.02. The number of rotatable bonds is 5. The fourth-order valence-corrected chi connectivity index (χ4v) is 3.21. The Bertz CT molecular complexity index is 436. The van der Waals surface area contributed by atoms with E-state index in [0.717, 1.165) is 26.1 Å². The summed E-state index contributed by atoms with van der Waals surface area (Å²) in [5, 5.41) is 3.13. The molecule has 1 fully saturated rings. The smallest absolute Gasteiger partial charge is 0.230 e. The quantitative estimate of drug-likeness (QED) is 0.839. The number of nitrogens with zero attached hydrogens (tertiary/aromatic N) is 1. The third-order valence-electron chi connectivity index (χ3n) is 3.54. The zero-order valence-electron chi connectivity index (χ0n) is 11.7. The second-order valence-electron chi connectivity index (χ2n) is 5.00. The minimum atomic E-state index is 0.149. The second kappa shape index (κ2) is 6.96. The summed E-state index contributed by atoms with van der Waals surface area (Å²) in [4.78, 5) is 15.5. The number of hydrogen-bond donors (Lipinski definition) is 1. The van der Waals surface area contributed by atoms with Crippen molar-refractivity contribution in [1.82, 2.24) is 10.2 Å². The Labute approximate surface area is 119 Å². The maximum Gasteiger partial charge on any atom is 0.230 e. The van der Waals surface area contributed by atoms with E-state index in [4.69, 9.17) is 0 Å². The minimum absolute atomic E-state index is 0.149. The van der Waals surface area contributed by atoms with Crippen LogP contribution in [0.4, 0.5) is 0 Å². The predicted octanol–water partition coefficient (Wildman–Crippen LogP) is 2.30. The summed E-state index contributed by atoms with van der Waals surface area (Å²) in [5.74, 6) is 0.657. The molecule has 1 unspecified atom stereocenters. The lowest BCUT2D eigenvalue weighted by Crippen LogP contribution is -2.38. The molecule has 1 aliphatic heterocycles. The van der Waals surface area contributed by atoms with Gasteiger partial charge in [0.15, 0.2) is 0 Å². The first-order valence-electron chi connectivity index (χ1n) is 6.89. The summed E-state index contributed by atoms with van der Waals surface area (Å²) in [6, 6.07) is 8.53. The van der Waals surface area contributed by atoms with Crippen molar-refractivity contribution < 1.29 is 4.79 Å². The van der Waals surface area contributed by atoms with Gasteiger partial charge in [0.05, 0.1) is 5.75 Å². The first kappa shape index (κ1) is 14.4. The van der Waals surface area contributed by atoms with Gasteiger partial charge >= 0.3 is 0 Å². The Morgan fingerprint density at radius 1 is 1.47 bits per heavy atom. The maximum atomic E-state index is 11.9. The van der Waals surface area contributed by atoms with E-state index in [1.807, 2.05) is 12.1 Å².